The summed E-state index contributed by atoms with van der Waals surface area (Å²) in [7, 11) is 0. The van der Waals surface area contributed by atoms with Gasteiger partial charge in [-0.05, 0) is 36.5 Å². The van der Waals surface area contributed by atoms with E-state index in [0.717, 1.165) is 24.1 Å². The highest BCUT2D eigenvalue weighted by Gasteiger charge is 2.39. The van der Waals surface area contributed by atoms with Crippen LogP contribution in [0, 0.1) is 11.8 Å². The maximum atomic E-state index is 12.4. The lowest BCUT2D eigenvalue weighted by atomic mass is 9.80. The molecule has 2 aliphatic heterocycles. The number of carbonyl (C=O) groups excluding carboxylic acids is 2. The Kier molecular flexibility index (Phi) is 4.60. The zero-order chi connectivity index (χ0) is 16.6. The summed E-state index contributed by atoms with van der Waals surface area (Å²) in [5.41, 5.74) is 7.43. The number of halogens is 1. The lowest BCUT2D eigenvalue weighted by Gasteiger charge is -2.35. The van der Waals surface area contributed by atoms with Crippen LogP contribution in [0.15, 0.2) is 18.2 Å². The maximum absolute atomic E-state index is 12.4. The Morgan fingerprint density at radius 3 is 2.78 bits per heavy atom. The number of carbonyl (C=O) groups is 2. The molecule has 23 heavy (non-hydrogen) atoms. The minimum atomic E-state index is -0.135. The van der Waals surface area contributed by atoms with Crippen LogP contribution in [0.25, 0.3) is 0 Å². The number of rotatable bonds is 3. The highest BCUT2D eigenvalue weighted by molar-refractivity contribution is 6.31. The molecule has 5 nitrogen and oxygen atoms in total. The second-order valence-corrected chi connectivity index (χ2v) is 6.93. The summed E-state index contributed by atoms with van der Waals surface area (Å²) in [5.74, 6) is 0.154. The van der Waals surface area contributed by atoms with E-state index in [-0.39, 0.29) is 29.6 Å². The minimum Gasteiger partial charge on any atom is -0.342 e. The molecule has 0 aliphatic carbocycles. The van der Waals surface area contributed by atoms with Crippen LogP contribution in [0.5, 0.6) is 0 Å². The molecule has 0 bridgehead atoms. The first kappa shape index (κ1) is 16.3. The van der Waals surface area contributed by atoms with Gasteiger partial charge in [-0.1, -0.05) is 24.6 Å². The molecule has 2 atom stereocenters. The van der Waals surface area contributed by atoms with Crippen LogP contribution < -0.4 is 11.1 Å². The number of nitrogens with two attached hydrogens (primary N) is 1. The van der Waals surface area contributed by atoms with Crippen molar-refractivity contribution in [3.8, 4) is 0 Å². The molecule has 3 N–H and O–H groups in total. The molecular weight excluding hydrogens is 314 g/mol. The lowest BCUT2D eigenvalue weighted by Crippen LogP contribution is -2.44. The summed E-state index contributed by atoms with van der Waals surface area (Å²) in [6.07, 6.45) is 1.67. The van der Waals surface area contributed by atoms with E-state index in [1.807, 2.05) is 24.0 Å². The number of fused-ring (bicyclic) bond motifs is 1. The molecule has 2 aliphatic rings. The molecule has 0 saturated carbocycles. The van der Waals surface area contributed by atoms with Crippen LogP contribution in [0.2, 0.25) is 5.02 Å². The number of nitrogens with one attached hydrogen (secondary N) is 1. The van der Waals surface area contributed by atoms with E-state index in [2.05, 4.69) is 5.32 Å². The number of likely N-dealkylation sites (tertiary alicyclic amines) is 1. The SMILES string of the molecule is CC(CN)C(=O)N1CCC(C2C(=O)Nc3cc(Cl)ccc32)CC1. The molecule has 0 radical (unpaired) electrons. The van der Waals surface area contributed by atoms with Crippen molar-refractivity contribution in [2.24, 2.45) is 17.6 Å². The third-order valence-corrected chi connectivity index (χ3v) is 5.22. The van der Waals surface area contributed by atoms with Gasteiger partial charge in [-0.15, -0.1) is 0 Å². The Hall–Kier alpha value is -1.59. The second-order valence-electron chi connectivity index (χ2n) is 6.50. The minimum absolute atomic E-state index is 0.0439. The van der Waals surface area contributed by atoms with Crippen LogP contribution in [0.1, 0.15) is 31.2 Å². The van der Waals surface area contributed by atoms with Crippen molar-refractivity contribution < 1.29 is 9.59 Å². The first-order valence-electron chi connectivity index (χ1n) is 8.10. The number of hydrogen-bond donors (Lipinski definition) is 2. The smallest absolute Gasteiger partial charge is 0.232 e. The molecule has 1 aromatic carbocycles. The molecule has 3 rings (SSSR count). The monoisotopic (exact) mass is 335 g/mol. The fraction of sp³-hybridized carbons (Fsp3) is 0.529. The van der Waals surface area contributed by atoms with Crippen molar-refractivity contribution >= 4 is 29.1 Å². The van der Waals surface area contributed by atoms with Crippen LogP contribution in [0.4, 0.5) is 5.69 Å². The van der Waals surface area contributed by atoms with Crippen LogP contribution in [-0.4, -0.2) is 36.3 Å². The van der Waals surface area contributed by atoms with Crippen LogP contribution >= 0.6 is 11.6 Å². The first-order valence-corrected chi connectivity index (χ1v) is 8.48. The van der Waals surface area contributed by atoms with E-state index in [4.69, 9.17) is 17.3 Å². The number of nitrogens with zero attached hydrogens (tertiary/aromatic N) is 1. The topological polar surface area (TPSA) is 75.4 Å². The van der Waals surface area contributed by atoms with E-state index in [9.17, 15) is 9.59 Å². The Bertz CT molecular complexity index is 626. The summed E-state index contributed by atoms with van der Waals surface area (Å²) in [5, 5.41) is 3.55. The number of anilines is 1. The van der Waals surface area contributed by atoms with Gasteiger partial charge >= 0.3 is 0 Å². The Morgan fingerprint density at radius 2 is 2.13 bits per heavy atom. The van der Waals surface area contributed by atoms with Gasteiger partial charge in [0.1, 0.15) is 0 Å². The average Bonchev–Trinajstić information content (AvgIpc) is 2.88. The standard InChI is InChI=1S/C17H22ClN3O2/c1-10(9-19)17(23)21-6-4-11(5-7-21)15-13-3-2-12(18)8-14(13)20-16(15)22/h2-3,8,10-11,15H,4-7,9,19H2,1H3,(H,20,22). The molecule has 1 fully saturated rings. The van der Waals surface area contributed by atoms with E-state index in [0.29, 0.717) is 24.7 Å². The highest BCUT2D eigenvalue weighted by Crippen LogP contribution is 2.42. The van der Waals surface area contributed by atoms with Gasteiger partial charge in [-0.25, -0.2) is 0 Å². The van der Waals surface area contributed by atoms with Crippen LogP contribution in [0.3, 0.4) is 0 Å². The molecule has 0 spiro atoms. The van der Waals surface area contributed by atoms with E-state index >= 15 is 0 Å². The van der Waals surface area contributed by atoms with Crippen molar-refractivity contribution in [1.82, 2.24) is 4.90 Å². The van der Waals surface area contributed by atoms with Crippen LogP contribution in [-0.2, 0) is 9.59 Å². The van der Waals surface area contributed by atoms with Crippen molar-refractivity contribution in [3.63, 3.8) is 0 Å². The zero-order valence-corrected chi connectivity index (χ0v) is 14.0. The van der Waals surface area contributed by atoms with Gasteiger partial charge in [0, 0.05) is 36.3 Å². The van der Waals surface area contributed by atoms with E-state index in [1.165, 1.54) is 0 Å². The van der Waals surface area contributed by atoms with Gasteiger partial charge in [0.2, 0.25) is 11.8 Å². The molecule has 6 heteroatoms. The molecule has 2 heterocycles. The number of piperidine rings is 1. The van der Waals surface area contributed by atoms with Crippen molar-refractivity contribution in [3.05, 3.63) is 28.8 Å². The third-order valence-electron chi connectivity index (χ3n) is 4.99. The molecule has 124 valence electrons. The summed E-state index contributed by atoms with van der Waals surface area (Å²) in [6, 6.07) is 5.57. The fourth-order valence-electron chi connectivity index (χ4n) is 3.59. The van der Waals surface area contributed by atoms with E-state index < -0.39 is 0 Å². The largest absolute Gasteiger partial charge is 0.342 e. The molecular formula is C17H22ClN3O2. The number of amides is 2. The summed E-state index contributed by atoms with van der Waals surface area (Å²) in [4.78, 5) is 26.4. The first-order chi connectivity index (χ1) is 11.0. The third kappa shape index (κ3) is 3.08. The summed E-state index contributed by atoms with van der Waals surface area (Å²) >= 11 is 6.00. The Balaban J connectivity index is 1.69. The van der Waals surface area contributed by atoms with Gasteiger partial charge in [0.05, 0.1) is 5.92 Å². The Labute approximate surface area is 141 Å². The van der Waals surface area contributed by atoms with Gasteiger partial charge in [-0.3, -0.25) is 9.59 Å². The second kappa shape index (κ2) is 6.49. The molecule has 0 aromatic heterocycles. The average molecular weight is 336 g/mol. The fourth-order valence-corrected chi connectivity index (χ4v) is 3.77. The van der Waals surface area contributed by atoms with Crippen molar-refractivity contribution in [2.45, 2.75) is 25.7 Å². The lowest BCUT2D eigenvalue weighted by molar-refractivity contribution is -0.136. The summed E-state index contributed by atoms with van der Waals surface area (Å²) < 4.78 is 0. The predicted octanol–water partition coefficient (Wildman–Crippen LogP) is 2.21. The molecule has 2 amide bonds. The highest BCUT2D eigenvalue weighted by atomic mass is 35.5. The Morgan fingerprint density at radius 1 is 1.43 bits per heavy atom. The normalized spacial score (nSPS) is 22.7. The number of hydrogen-bond acceptors (Lipinski definition) is 3. The molecule has 1 saturated heterocycles. The van der Waals surface area contributed by atoms with Crippen molar-refractivity contribution in [1.29, 1.82) is 0 Å². The quantitative estimate of drug-likeness (QED) is 0.889. The van der Waals surface area contributed by atoms with Gasteiger partial charge in [-0.2, -0.15) is 0 Å². The molecule has 1 aromatic rings. The number of benzene rings is 1. The molecule has 2 unspecified atom stereocenters. The van der Waals surface area contributed by atoms with Gasteiger partial charge in [0.25, 0.3) is 0 Å². The maximum Gasteiger partial charge on any atom is 0.232 e. The van der Waals surface area contributed by atoms with Gasteiger partial charge < -0.3 is 16.0 Å². The predicted molar refractivity (Wildman–Crippen MR) is 90.3 cm³/mol. The van der Waals surface area contributed by atoms with E-state index in [1.54, 1.807) is 6.07 Å². The zero-order valence-electron chi connectivity index (χ0n) is 13.2. The summed E-state index contributed by atoms with van der Waals surface area (Å²) in [6.45, 7) is 3.62. The van der Waals surface area contributed by atoms with Gasteiger partial charge in [0.15, 0.2) is 0 Å². The van der Waals surface area contributed by atoms with Crippen molar-refractivity contribution in [2.75, 3.05) is 25.0 Å².